The van der Waals surface area contributed by atoms with Crippen molar-refractivity contribution in [1.82, 2.24) is 0 Å². The number of rotatable bonds is 4. The van der Waals surface area contributed by atoms with Gasteiger partial charge in [-0.3, -0.25) is 0 Å². The molecule has 0 radical (unpaired) electrons. The Morgan fingerprint density at radius 3 is 2.46 bits per heavy atom. The first kappa shape index (κ1) is 11.2. The van der Waals surface area contributed by atoms with Crippen molar-refractivity contribution < 1.29 is 0 Å². The van der Waals surface area contributed by atoms with Crippen LogP contribution in [0.15, 0.2) is 15.9 Å². The van der Waals surface area contributed by atoms with Crippen molar-refractivity contribution in [3.05, 3.63) is 20.8 Å². The molecule has 0 spiro atoms. The summed E-state index contributed by atoms with van der Waals surface area (Å²) < 4.78 is 1.17. The van der Waals surface area contributed by atoms with E-state index in [1.807, 2.05) is 0 Å². The van der Waals surface area contributed by atoms with Crippen molar-refractivity contribution in [2.45, 2.75) is 38.6 Å². The highest BCUT2D eigenvalue weighted by molar-refractivity contribution is 9.10. The molecule has 0 amide bonds. The number of nitrogens with two attached hydrogens (primary N) is 1. The van der Waals surface area contributed by atoms with Gasteiger partial charge >= 0.3 is 0 Å². The van der Waals surface area contributed by atoms with Crippen LogP contribution in [0.5, 0.6) is 0 Å². The van der Waals surface area contributed by atoms with Crippen LogP contribution in [-0.2, 0) is 6.42 Å². The summed E-state index contributed by atoms with van der Waals surface area (Å²) in [6.07, 6.45) is 3.08. The van der Waals surface area contributed by atoms with Gasteiger partial charge in [-0.1, -0.05) is 13.8 Å². The lowest BCUT2D eigenvalue weighted by molar-refractivity contribution is 0.396. The molecule has 1 aromatic heterocycles. The average Bonchev–Trinajstić information content (AvgIpc) is 2.51. The fraction of sp³-hybridized carbons (Fsp3) is 0.600. The highest BCUT2D eigenvalue weighted by atomic mass is 79.9. The molecule has 3 heteroatoms. The Bertz CT molecular complexity index is 266. The van der Waals surface area contributed by atoms with Gasteiger partial charge in [0.05, 0.1) is 0 Å². The first-order chi connectivity index (χ1) is 6.09. The SMILES string of the molecule is CCC(N)(CC)Cc1cc(Br)cs1. The van der Waals surface area contributed by atoms with Gasteiger partial charge in [0.1, 0.15) is 0 Å². The Kier molecular flexibility index (Phi) is 3.95. The van der Waals surface area contributed by atoms with Gasteiger partial charge in [0.25, 0.3) is 0 Å². The summed E-state index contributed by atoms with van der Waals surface area (Å²) in [6, 6.07) is 2.16. The van der Waals surface area contributed by atoms with Crippen LogP contribution in [0, 0.1) is 0 Å². The Morgan fingerprint density at radius 1 is 1.46 bits per heavy atom. The Hall–Kier alpha value is 0.140. The standard InChI is InChI=1S/C10H16BrNS/c1-3-10(12,4-2)6-9-5-8(11)7-13-9/h5,7H,3-4,6,12H2,1-2H3. The highest BCUT2D eigenvalue weighted by Crippen LogP contribution is 2.25. The molecule has 1 rings (SSSR count). The summed E-state index contributed by atoms with van der Waals surface area (Å²) in [5.74, 6) is 0. The van der Waals surface area contributed by atoms with Crippen LogP contribution in [0.2, 0.25) is 0 Å². The van der Waals surface area contributed by atoms with E-state index in [4.69, 9.17) is 5.73 Å². The monoisotopic (exact) mass is 261 g/mol. The van der Waals surface area contributed by atoms with Crippen LogP contribution in [0.25, 0.3) is 0 Å². The maximum absolute atomic E-state index is 6.23. The Morgan fingerprint density at radius 2 is 2.08 bits per heavy atom. The lowest BCUT2D eigenvalue weighted by Gasteiger charge is -2.25. The van der Waals surface area contributed by atoms with Crippen LogP contribution < -0.4 is 5.73 Å². The van der Waals surface area contributed by atoms with Crippen LogP contribution in [0.1, 0.15) is 31.6 Å². The summed E-state index contributed by atoms with van der Waals surface area (Å²) in [4.78, 5) is 1.37. The van der Waals surface area contributed by atoms with Crippen LogP contribution in [0.3, 0.4) is 0 Å². The second-order valence-corrected chi connectivity index (χ2v) is 5.39. The zero-order valence-electron chi connectivity index (χ0n) is 8.14. The first-order valence-corrected chi connectivity index (χ1v) is 6.28. The van der Waals surface area contributed by atoms with Gasteiger partial charge in [-0.15, -0.1) is 11.3 Å². The topological polar surface area (TPSA) is 26.0 Å². The zero-order chi connectivity index (χ0) is 9.90. The van der Waals surface area contributed by atoms with E-state index in [0.717, 1.165) is 19.3 Å². The van der Waals surface area contributed by atoms with E-state index in [1.165, 1.54) is 9.35 Å². The molecule has 0 atom stereocenters. The van der Waals surface area contributed by atoms with Crippen molar-refractivity contribution in [2.24, 2.45) is 5.73 Å². The van der Waals surface area contributed by atoms with E-state index in [9.17, 15) is 0 Å². The molecule has 13 heavy (non-hydrogen) atoms. The van der Waals surface area contributed by atoms with Gasteiger partial charge in [0.15, 0.2) is 0 Å². The van der Waals surface area contributed by atoms with Crippen LogP contribution in [0.4, 0.5) is 0 Å². The predicted octanol–water partition coefficient (Wildman–Crippen LogP) is 3.57. The fourth-order valence-corrected chi connectivity index (χ4v) is 2.90. The third-order valence-corrected chi connectivity index (χ3v) is 4.25. The van der Waals surface area contributed by atoms with Gasteiger partial charge in [-0.05, 0) is 41.3 Å². The minimum absolute atomic E-state index is 0.00963. The highest BCUT2D eigenvalue weighted by Gasteiger charge is 2.21. The van der Waals surface area contributed by atoms with Crippen molar-refractivity contribution in [3.63, 3.8) is 0 Å². The summed E-state index contributed by atoms with van der Waals surface area (Å²) in [7, 11) is 0. The lowest BCUT2D eigenvalue weighted by Crippen LogP contribution is -2.40. The van der Waals surface area contributed by atoms with Crippen molar-refractivity contribution in [3.8, 4) is 0 Å². The quantitative estimate of drug-likeness (QED) is 0.882. The molecular weight excluding hydrogens is 246 g/mol. The number of halogens is 1. The van der Waals surface area contributed by atoms with Crippen molar-refractivity contribution in [2.75, 3.05) is 0 Å². The molecule has 0 aromatic carbocycles. The normalized spacial score (nSPS) is 12.0. The molecule has 1 aromatic rings. The van der Waals surface area contributed by atoms with E-state index in [0.29, 0.717) is 0 Å². The largest absolute Gasteiger partial charge is 0.325 e. The average molecular weight is 262 g/mol. The molecule has 0 saturated carbocycles. The van der Waals surface area contributed by atoms with Crippen molar-refractivity contribution >= 4 is 27.3 Å². The first-order valence-electron chi connectivity index (χ1n) is 4.61. The van der Waals surface area contributed by atoms with E-state index in [1.54, 1.807) is 11.3 Å². The lowest BCUT2D eigenvalue weighted by atomic mass is 9.90. The van der Waals surface area contributed by atoms with E-state index in [-0.39, 0.29) is 5.54 Å². The predicted molar refractivity (Wildman–Crippen MR) is 63.2 cm³/mol. The Balaban J connectivity index is 2.67. The minimum atomic E-state index is -0.00963. The summed E-state index contributed by atoms with van der Waals surface area (Å²) in [5.41, 5.74) is 6.22. The molecule has 0 unspecified atom stereocenters. The van der Waals surface area contributed by atoms with Gasteiger partial charge in [0, 0.05) is 20.3 Å². The van der Waals surface area contributed by atoms with E-state index < -0.39 is 0 Å². The molecule has 0 saturated heterocycles. The molecule has 0 fully saturated rings. The van der Waals surface area contributed by atoms with E-state index in [2.05, 4.69) is 41.2 Å². The van der Waals surface area contributed by atoms with E-state index >= 15 is 0 Å². The molecule has 0 bridgehead atoms. The van der Waals surface area contributed by atoms with Crippen LogP contribution >= 0.6 is 27.3 Å². The summed E-state index contributed by atoms with van der Waals surface area (Å²) in [6.45, 7) is 4.32. The summed E-state index contributed by atoms with van der Waals surface area (Å²) in [5, 5.41) is 2.11. The second kappa shape index (κ2) is 4.58. The summed E-state index contributed by atoms with van der Waals surface area (Å²) >= 11 is 5.23. The molecule has 74 valence electrons. The maximum atomic E-state index is 6.23. The minimum Gasteiger partial charge on any atom is -0.325 e. The van der Waals surface area contributed by atoms with Gasteiger partial charge in [-0.25, -0.2) is 0 Å². The molecule has 0 aliphatic heterocycles. The van der Waals surface area contributed by atoms with Crippen LogP contribution in [-0.4, -0.2) is 5.54 Å². The molecule has 0 aliphatic rings. The zero-order valence-corrected chi connectivity index (χ0v) is 10.5. The number of hydrogen-bond acceptors (Lipinski definition) is 2. The molecule has 1 heterocycles. The third-order valence-electron chi connectivity index (χ3n) is 2.56. The third kappa shape index (κ3) is 3.08. The fourth-order valence-electron chi connectivity index (χ4n) is 1.29. The Labute approximate surface area is 92.5 Å². The number of hydrogen-bond donors (Lipinski definition) is 1. The second-order valence-electron chi connectivity index (χ2n) is 3.48. The molecule has 0 aliphatic carbocycles. The number of thiophene rings is 1. The maximum Gasteiger partial charge on any atom is 0.0285 e. The molecule has 1 nitrogen and oxygen atoms in total. The van der Waals surface area contributed by atoms with Gasteiger partial charge in [-0.2, -0.15) is 0 Å². The van der Waals surface area contributed by atoms with Gasteiger partial charge < -0.3 is 5.73 Å². The van der Waals surface area contributed by atoms with Gasteiger partial charge in [0.2, 0.25) is 0 Å². The molecule has 2 N–H and O–H groups in total. The smallest absolute Gasteiger partial charge is 0.0285 e. The molecular formula is C10H16BrNS. The van der Waals surface area contributed by atoms with Crippen molar-refractivity contribution in [1.29, 1.82) is 0 Å².